The summed E-state index contributed by atoms with van der Waals surface area (Å²) in [4.78, 5) is 2.17. The fourth-order valence-corrected chi connectivity index (χ4v) is 2.95. The van der Waals surface area contributed by atoms with Crippen LogP contribution in [0.3, 0.4) is 0 Å². The first kappa shape index (κ1) is 14.8. The number of likely N-dealkylation sites (N-methyl/N-ethyl adjacent to an activating group) is 1. The largest absolute Gasteiger partial charge is 0.468 e. The highest BCUT2D eigenvalue weighted by atomic mass is 32.2. The molecule has 0 bridgehead atoms. The zero-order valence-corrected chi connectivity index (χ0v) is 12.3. The van der Waals surface area contributed by atoms with Crippen LogP contribution in [0.1, 0.15) is 11.8 Å². The summed E-state index contributed by atoms with van der Waals surface area (Å²) >= 11 is 0. The van der Waals surface area contributed by atoms with E-state index in [-0.39, 0.29) is 17.5 Å². The standard InChI is InChI=1S/C14H18N2O3S/c1-16(2)13(14-9-6-10-19-14)11-15-20(17,18)12-7-4-3-5-8-12/h3-10,13,15H,11H2,1-2H3/t13-/m0/s1. The third kappa shape index (κ3) is 3.47. The van der Waals surface area contributed by atoms with Crippen molar-refractivity contribution in [3.8, 4) is 0 Å². The Kier molecular flexibility index (Phi) is 4.59. The van der Waals surface area contributed by atoms with Gasteiger partial charge in [0, 0.05) is 6.54 Å². The van der Waals surface area contributed by atoms with E-state index in [1.807, 2.05) is 25.1 Å². The molecule has 0 spiro atoms. The molecule has 0 aliphatic heterocycles. The van der Waals surface area contributed by atoms with Gasteiger partial charge in [0.15, 0.2) is 0 Å². The van der Waals surface area contributed by atoms with Gasteiger partial charge >= 0.3 is 0 Å². The minimum atomic E-state index is -3.50. The molecule has 1 heterocycles. The quantitative estimate of drug-likeness (QED) is 0.883. The zero-order chi connectivity index (χ0) is 14.6. The molecule has 0 unspecified atom stereocenters. The van der Waals surface area contributed by atoms with Crippen LogP contribution >= 0.6 is 0 Å². The van der Waals surface area contributed by atoms with Crippen LogP contribution in [-0.4, -0.2) is 34.0 Å². The van der Waals surface area contributed by atoms with Gasteiger partial charge in [0.05, 0.1) is 17.2 Å². The van der Waals surface area contributed by atoms with Crippen molar-refractivity contribution in [1.29, 1.82) is 0 Å². The van der Waals surface area contributed by atoms with E-state index in [1.165, 1.54) is 0 Å². The summed E-state index contributed by atoms with van der Waals surface area (Å²) in [6.07, 6.45) is 1.58. The molecule has 0 aliphatic rings. The predicted molar refractivity (Wildman–Crippen MR) is 76.8 cm³/mol. The molecule has 1 atom stereocenters. The van der Waals surface area contributed by atoms with Crippen LogP contribution in [-0.2, 0) is 10.0 Å². The van der Waals surface area contributed by atoms with E-state index < -0.39 is 10.0 Å². The molecule has 2 rings (SSSR count). The molecule has 0 radical (unpaired) electrons. The van der Waals surface area contributed by atoms with E-state index in [9.17, 15) is 8.42 Å². The van der Waals surface area contributed by atoms with E-state index >= 15 is 0 Å². The zero-order valence-electron chi connectivity index (χ0n) is 11.5. The second-order valence-electron chi connectivity index (χ2n) is 4.66. The van der Waals surface area contributed by atoms with Crippen LogP contribution in [0, 0.1) is 0 Å². The Labute approximate surface area is 119 Å². The number of hydrogen-bond acceptors (Lipinski definition) is 4. The van der Waals surface area contributed by atoms with Crippen molar-refractivity contribution in [2.45, 2.75) is 10.9 Å². The number of furan rings is 1. The maximum absolute atomic E-state index is 12.2. The first-order valence-electron chi connectivity index (χ1n) is 6.25. The number of sulfonamides is 1. The van der Waals surface area contributed by atoms with Gasteiger partial charge in [-0.25, -0.2) is 13.1 Å². The Hall–Kier alpha value is -1.63. The summed E-state index contributed by atoms with van der Waals surface area (Å²) < 4.78 is 32.3. The van der Waals surface area contributed by atoms with Crippen molar-refractivity contribution in [3.63, 3.8) is 0 Å². The fourth-order valence-electron chi connectivity index (χ4n) is 1.89. The molecule has 5 nitrogen and oxygen atoms in total. The number of rotatable bonds is 6. The summed E-state index contributed by atoms with van der Waals surface area (Å²) in [6.45, 7) is 0.248. The van der Waals surface area contributed by atoms with E-state index in [2.05, 4.69) is 4.72 Å². The average molecular weight is 294 g/mol. The number of nitrogens with zero attached hydrogens (tertiary/aromatic N) is 1. The third-order valence-electron chi connectivity index (χ3n) is 3.02. The summed E-state index contributed by atoms with van der Waals surface area (Å²) in [7, 11) is 0.260. The Bertz CT molecular complexity index is 622. The van der Waals surface area contributed by atoms with Gasteiger partial charge in [0.2, 0.25) is 10.0 Å². The molecule has 0 fully saturated rings. The van der Waals surface area contributed by atoms with Crippen molar-refractivity contribution in [1.82, 2.24) is 9.62 Å². The molecule has 0 aliphatic carbocycles. The van der Waals surface area contributed by atoms with Crippen molar-refractivity contribution in [2.24, 2.45) is 0 Å². The lowest BCUT2D eigenvalue weighted by Crippen LogP contribution is -2.34. The van der Waals surface area contributed by atoms with E-state index in [1.54, 1.807) is 42.7 Å². The first-order valence-corrected chi connectivity index (χ1v) is 7.73. The first-order chi connectivity index (χ1) is 9.50. The minimum absolute atomic E-state index is 0.150. The highest BCUT2D eigenvalue weighted by Gasteiger charge is 2.21. The summed E-state index contributed by atoms with van der Waals surface area (Å²) in [5.74, 6) is 0.728. The Balaban J connectivity index is 2.10. The van der Waals surface area contributed by atoms with Crippen LogP contribution in [0.4, 0.5) is 0 Å². The summed E-state index contributed by atoms with van der Waals surface area (Å²) in [5, 5.41) is 0. The second kappa shape index (κ2) is 6.21. The molecule has 1 aromatic carbocycles. The lowest BCUT2D eigenvalue weighted by molar-refractivity contribution is 0.259. The van der Waals surface area contributed by atoms with Gasteiger partial charge < -0.3 is 4.42 Å². The molecule has 0 saturated heterocycles. The monoisotopic (exact) mass is 294 g/mol. The molecule has 6 heteroatoms. The molecule has 0 saturated carbocycles. The highest BCUT2D eigenvalue weighted by molar-refractivity contribution is 7.89. The SMILES string of the molecule is CN(C)[C@@H](CNS(=O)(=O)c1ccccc1)c1ccco1. The molecule has 108 valence electrons. The maximum atomic E-state index is 12.2. The Morgan fingerprint density at radius 3 is 2.40 bits per heavy atom. The van der Waals surface area contributed by atoms with Crippen LogP contribution in [0.15, 0.2) is 58.0 Å². The molecular weight excluding hydrogens is 276 g/mol. The second-order valence-corrected chi connectivity index (χ2v) is 6.43. The van der Waals surface area contributed by atoms with Crippen molar-refractivity contribution in [2.75, 3.05) is 20.6 Å². The van der Waals surface area contributed by atoms with Crippen molar-refractivity contribution in [3.05, 3.63) is 54.5 Å². The Morgan fingerprint density at radius 2 is 1.85 bits per heavy atom. The van der Waals surface area contributed by atoms with Crippen LogP contribution < -0.4 is 4.72 Å². The minimum Gasteiger partial charge on any atom is -0.468 e. The highest BCUT2D eigenvalue weighted by Crippen LogP contribution is 2.18. The Morgan fingerprint density at radius 1 is 1.15 bits per heavy atom. The van der Waals surface area contributed by atoms with E-state index in [4.69, 9.17) is 4.42 Å². The molecule has 20 heavy (non-hydrogen) atoms. The average Bonchev–Trinajstić information content (AvgIpc) is 2.93. The maximum Gasteiger partial charge on any atom is 0.240 e. The van der Waals surface area contributed by atoms with Gasteiger partial charge in [-0.1, -0.05) is 18.2 Å². The number of benzene rings is 1. The van der Waals surface area contributed by atoms with Gasteiger partial charge in [0.25, 0.3) is 0 Å². The van der Waals surface area contributed by atoms with Gasteiger partial charge in [-0.3, -0.25) is 4.90 Å². The van der Waals surface area contributed by atoms with Gasteiger partial charge in [0.1, 0.15) is 5.76 Å². The fraction of sp³-hybridized carbons (Fsp3) is 0.286. The van der Waals surface area contributed by atoms with Crippen molar-refractivity contribution < 1.29 is 12.8 Å². The number of hydrogen-bond donors (Lipinski definition) is 1. The molecule has 0 amide bonds. The summed E-state index contributed by atoms with van der Waals surface area (Å²) in [6, 6.07) is 11.8. The van der Waals surface area contributed by atoms with Gasteiger partial charge in [-0.05, 0) is 38.4 Å². The van der Waals surface area contributed by atoms with Gasteiger partial charge in [-0.2, -0.15) is 0 Å². The predicted octanol–water partition coefficient (Wildman–Crippen LogP) is 1.86. The van der Waals surface area contributed by atoms with E-state index in [0.29, 0.717) is 0 Å². The topological polar surface area (TPSA) is 62.6 Å². The molecule has 2 aromatic rings. The normalized spacial score (nSPS) is 13.6. The molecule has 1 aromatic heterocycles. The lowest BCUT2D eigenvalue weighted by atomic mass is 10.2. The van der Waals surface area contributed by atoms with Crippen LogP contribution in [0.25, 0.3) is 0 Å². The van der Waals surface area contributed by atoms with Crippen LogP contribution in [0.2, 0.25) is 0 Å². The smallest absolute Gasteiger partial charge is 0.240 e. The molecule has 1 N–H and O–H groups in total. The third-order valence-corrected chi connectivity index (χ3v) is 4.45. The van der Waals surface area contributed by atoms with E-state index in [0.717, 1.165) is 5.76 Å². The number of nitrogens with one attached hydrogen (secondary N) is 1. The van der Waals surface area contributed by atoms with Crippen LogP contribution in [0.5, 0.6) is 0 Å². The summed E-state index contributed by atoms with van der Waals surface area (Å²) in [5.41, 5.74) is 0. The van der Waals surface area contributed by atoms with Gasteiger partial charge in [-0.15, -0.1) is 0 Å². The molecular formula is C14H18N2O3S. The lowest BCUT2D eigenvalue weighted by Gasteiger charge is -2.22. The van der Waals surface area contributed by atoms with Crippen molar-refractivity contribution >= 4 is 10.0 Å².